The normalized spacial score (nSPS) is 19.9. The predicted molar refractivity (Wildman–Crippen MR) is 634 cm³/mol. The second-order valence-corrected chi connectivity index (χ2v) is 49.0. The number of nitrogens with zero attached hydrogens (tertiary/aromatic N) is 4. The second-order valence-electron chi connectivity index (χ2n) is 49.0. The molecule has 0 bridgehead atoms. The fourth-order valence-corrected chi connectivity index (χ4v) is 25.4. The van der Waals surface area contributed by atoms with Crippen LogP contribution in [0.3, 0.4) is 0 Å². The van der Waals surface area contributed by atoms with Crippen LogP contribution < -0.4 is 21.3 Å². The van der Waals surface area contributed by atoms with Crippen molar-refractivity contribution in [2.75, 3.05) is 0 Å². The van der Waals surface area contributed by atoms with E-state index in [1.165, 1.54) is 286 Å². The number of hydroxylamine groups is 8. The molecule has 4 saturated heterocycles. The molecular weight excluding hydrogens is 1840 g/mol. The third-order valence-corrected chi connectivity index (χ3v) is 34.5. The van der Waals surface area contributed by atoms with E-state index in [2.05, 4.69) is 305 Å². The van der Waals surface area contributed by atoms with Gasteiger partial charge in [0.1, 0.15) is 24.4 Å². The zero-order chi connectivity index (χ0) is 109. The summed E-state index contributed by atoms with van der Waals surface area (Å²) in [6.45, 7) is 53.9. The van der Waals surface area contributed by atoms with Gasteiger partial charge in [-0.3, -0.25) is 38.5 Å². The van der Waals surface area contributed by atoms with E-state index in [1.807, 2.05) is 24.3 Å². The summed E-state index contributed by atoms with van der Waals surface area (Å²) in [5.41, 5.74) is 3.79. The Bertz CT molecular complexity index is 3890. The number of carbonyl (C=O) groups excluding carboxylic acids is 4. The molecule has 8 rings (SSSR count). The number of hydrogen-bond donors (Lipinski definition) is 4. The van der Waals surface area contributed by atoms with Gasteiger partial charge < -0.3 is 21.3 Å². The molecule has 0 spiro atoms. The van der Waals surface area contributed by atoms with Crippen molar-refractivity contribution in [1.82, 2.24) is 41.5 Å². The van der Waals surface area contributed by atoms with Gasteiger partial charge in [-0.2, -0.15) is 20.3 Å². The summed E-state index contributed by atoms with van der Waals surface area (Å²) in [5, 5.41) is 22.9. The fraction of sp³-hybridized carbons (Fsp3) is 0.789. The molecule has 16 nitrogen and oxygen atoms in total. The maximum atomic E-state index is 12.9. The molecule has 0 aromatic heterocycles. The Morgan fingerprint density at radius 1 is 0.221 bits per heavy atom. The molecule has 0 aliphatic carbocycles. The smallest absolute Gasteiger partial charge is 0.220 e. The van der Waals surface area contributed by atoms with Crippen molar-refractivity contribution in [3.63, 3.8) is 0 Å². The molecule has 4 N–H and O–H groups in total. The Balaban J connectivity index is 0.000000349. The molecule has 4 aromatic rings. The van der Waals surface area contributed by atoms with Gasteiger partial charge in [-0.05, 0) is 234 Å². The van der Waals surface area contributed by atoms with Crippen molar-refractivity contribution in [2.24, 2.45) is 0 Å². The van der Waals surface area contributed by atoms with Crippen LogP contribution in [-0.2, 0) is 38.5 Å². The average Bonchev–Trinajstić information content (AvgIpc) is 0.766. The van der Waals surface area contributed by atoms with Crippen molar-refractivity contribution < 1.29 is 38.5 Å². The van der Waals surface area contributed by atoms with Crippen LogP contribution in [-0.4, -0.2) is 112 Å². The van der Waals surface area contributed by atoms with Crippen LogP contribution >= 0.6 is 0 Å². The first-order chi connectivity index (χ1) is 71.6. The molecule has 4 aromatic carbocycles. The van der Waals surface area contributed by atoms with Crippen molar-refractivity contribution in [2.45, 2.75) is 676 Å². The Morgan fingerprint density at radius 2 is 0.356 bits per heavy atom. The molecule has 4 aliphatic heterocycles. The molecule has 0 radical (unpaired) electrons. The summed E-state index contributed by atoms with van der Waals surface area (Å²) in [7, 11) is 0. The summed E-state index contributed by atoms with van der Waals surface area (Å²) in [6.07, 6.45) is 77.0. The predicted octanol–water partition coefficient (Wildman–Crippen LogP) is 37.6. The zero-order valence-corrected chi connectivity index (χ0v) is 101. The molecule has 16 heteroatoms. The molecule has 8 atom stereocenters. The third-order valence-electron chi connectivity index (χ3n) is 34.5. The highest BCUT2D eigenvalue weighted by Crippen LogP contribution is 2.50. The zero-order valence-electron chi connectivity index (χ0n) is 101. The highest BCUT2D eigenvalue weighted by molar-refractivity contribution is 5.77. The van der Waals surface area contributed by atoms with Gasteiger partial charge in [0.2, 0.25) is 23.6 Å². The lowest BCUT2D eigenvalue weighted by Gasteiger charge is -2.57. The molecule has 4 aliphatic rings. The maximum absolute atomic E-state index is 12.9. The van der Waals surface area contributed by atoms with Gasteiger partial charge in [0.05, 0.1) is 0 Å². The number of benzene rings is 4. The van der Waals surface area contributed by atoms with Crippen molar-refractivity contribution in [1.29, 1.82) is 0 Å². The second kappa shape index (κ2) is 74.6. The van der Waals surface area contributed by atoms with E-state index in [1.54, 1.807) is 0 Å². The lowest BCUT2D eigenvalue weighted by atomic mass is 9.74. The molecular formula is C133H234N8O8. The maximum Gasteiger partial charge on any atom is 0.220 e. The van der Waals surface area contributed by atoms with Crippen molar-refractivity contribution in [3.8, 4) is 0 Å². The Hall–Kier alpha value is -5.56. The van der Waals surface area contributed by atoms with Crippen molar-refractivity contribution >= 4 is 23.6 Å². The lowest BCUT2D eigenvalue weighted by Crippen LogP contribution is -2.66. The van der Waals surface area contributed by atoms with Crippen LogP contribution in [0.15, 0.2) is 121 Å². The summed E-state index contributed by atoms with van der Waals surface area (Å²) in [4.78, 5) is 78.3. The van der Waals surface area contributed by atoms with Crippen LogP contribution in [0.5, 0.6) is 0 Å². The minimum atomic E-state index is -0.165. The highest BCUT2D eigenvalue weighted by atomic mass is 16.7. The van der Waals surface area contributed by atoms with E-state index in [-0.39, 0.29) is 117 Å². The van der Waals surface area contributed by atoms with Crippen LogP contribution in [0.1, 0.15) is 630 Å². The molecule has 4 amide bonds. The molecule has 4 heterocycles. The highest BCUT2D eigenvalue weighted by Gasteiger charge is 2.55. The number of rotatable bonds is 73. The number of piperidine rings is 4. The number of carbonyl (C=O) groups is 4. The molecule has 0 saturated carbocycles. The fourth-order valence-electron chi connectivity index (χ4n) is 25.4. The van der Waals surface area contributed by atoms with E-state index in [4.69, 9.17) is 19.4 Å². The Labute approximate surface area is 918 Å². The summed E-state index contributed by atoms with van der Waals surface area (Å²) in [6, 6.07) is 42.7. The molecule has 854 valence electrons. The largest absolute Gasteiger partial charge is 0.353 e. The summed E-state index contributed by atoms with van der Waals surface area (Å²) >= 11 is 0. The quantitative estimate of drug-likeness (QED) is 0.0310. The topological polar surface area (TPSA) is 166 Å². The van der Waals surface area contributed by atoms with E-state index in [0.717, 1.165) is 128 Å². The van der Waals surface area contributed by atoms with Gasteiger partial charge in [0.15, 0.2) is 0 Å². The van der Waals surface area contributed by atoms with E-state index in [0.29, 0.717) is 25.7 Å². The summed E-state index contributed by atoms with van der Waals surface area (Å²) in [5.74, 6) is 0.908. The minimum Gasteiger partial charge on any atom is -0.353 e. The standard InChI is InChI=1S/2C34H60N2O2.C33H58N2O2.C32H56N2O2/c2*1-7-10-11-12-13-14-15-16-17-18-19-23-26-32(37)35-31-27-33(5,6)36(34(8-2,9-3)28-31)38-29(4)30-24-21-20-22-25-30;1-7-10-11-12-13-14-15-16-17-18-22-25-31(36)34-30-26-32(5,6)35(33(8-2,9-3)27-30)37-28(4)29-23-20-19-21-24-29;1-7-10-11-12-13-14-15-16-17-21-24-30(35)33-29-25-31(5,6)34(32(8-2,9-3)26-29)36-27(4)28-22-19-18-20-23-28/h2*20-22,24-25,29,31H,7-19,23,26-28H2,1-6H3,(H,35,37);19-21,23-24,28,30H,7-18,22,25-27H2,1-6H3,(H,34,36);18-20,22-23,27,29H,7-17,21,24-26H2,1-6H3,(H,33,35). The minimum absolute atomic E-state index is 0.00886. The average molecular weight is 2070 g/mol. The number of amides is 4. The van der Waals surface area contributed by atoms with Crippen LogP contribution in [0.25, 0.3) is 0 Å². The number of hydrogen-bond acceptors (Lipinski definition) is 12. The van der Waals surface area contributed by atoms with Gasteiger partial charge in [-0.25, -0.2) is 0 Å². The van der Waals surface area contributed by atoms with E-state index >= 15 is 0 Å². The van der Waals surface area contributed by atoms with Crippen molar-refractivity contribution in [3.05, 3.63) is 144 Å². The SMILES string of the molecule is CCCCCCCCCCCCC(=O)NC1CC(C)(C)N(OC(C)c2ccccc2)C(CC)(CC)C1.CCCCCCCCCCCCCC(=O)NC1CC(C)(C)N(OC(C)c2ccccc2)C(CC)(CC)C1.CCCCCCCCCCCCCCC(=O)NC1CC(C)(C)N(OC(C)c2ccccc2)C(CC)(CC)C1.CCCCCCCCCCCCCCC(=O)NC1CC(C)(C)N(OC(C)c2ccccc2)C(CC)(CC)C1. The number of unbranched alkanes of at least 4 members (excludes halogenated alkanes) is 41. The molecule has 8 unspecified atom stereocenters. The molecule has 4 fully saturated rings. The first-order valence-electron chi connectivity index (χ1n) is 62.9. The van der Waals surface area contributed by atoms with Gasteiger partial charge >= 0.3 is 0 Å². The van der Waals surface area contributed by atoms with E-state index < -0.39 is 0 Å². The van der Waals surface area contributed by atoms with Gasteiger partial charge in [0, 0.05) is 94.2 Å². The van der Waals surface area contributed by atoms with Gasteiger partial charge in [0.25, 0.3) is 0 Å². The van der Waals surface area contributed by atoms with Crippen LogP contribution in [0.4, 0.5) is 0 Å². The first kappa shape index (κ1) is 134. The lowest BCUT2D eigenvalue weighted by molar-refractivity contribution is -0.316. The first-order valence-corrected chi connectivity index (χ1v) is 62.9. The van der Waals surface area contributed by atoms with Crippen LogP contribution in [0.2, 0.25) is 0 Å². The van der Waals surface area contributed by atoms with Crippen LogP contribution in [0, 0.1) is 0 Å². The Morgan fingerprint density at radius 3 is 0.490 bits per heavy atom. The Kier molecular flexibility index (Phi) is 67.0. The number of nitrogens with one attached hydrogen (secondary N) is 4. The summed E-state index contributed by atoms with van der Waals surface area (Å²) < 4.78 is 0. The molecule has 149 heavy (non-hydrogen) atoms. The third kappa shape index (κ3) is 49.0. The van der Waals surface area contributed by atoms with E-state index in [9.17, 15) is 19.2 Å². The van der Waals surface area contributed by atoms with Gasteiger partial charge in [-0.1, -0.05) is 468 Å². The van der Waals surface area contributed by atoms with Gasteiger partial charge in [-0.15, -0.1) is 0 Å². The monoisotopic (exact) mass is 2070 g/mol.